The molecule has 1 aromatic heterocycles. The van der Waals surface area contributed by atoms with Crippen LogP contribution in [0.3, 0.4) is 0 Å². The van der Waals surface area contributed by atoms with Crippen molar-refractivity contribution in [3.05, 3.63) is 52.8 Å². The highest BCUT2D eigenvalue weighted by atomic mass is 16.4. The van der Waals surface area contributed by atoms with Gasteiger partial charge in [0, 0.05) is 16.7 Å². The largest absolute Gasteiger partial charge is 0.478 e. The number of hydrogen-bond acceptors (Lipinski definition) is 4. The van der Waals surface area contributed by atoms with Crippen molar-refractivity contribution in [3.8, 4) is 0 Å². The van der Waals surface area contributed by atoms with Gasteiger partial charge in [-0.1, -0.05) is 39.0 Å². The van der Waals surface area contributed by atoms with E-state index in [9.17, 15) is 9.59 Å². The minimum absolute atomic E-state index is 0.111. The molecular weight excluding hydrogens is 296 g/mol. The molecule has 1 heterocycles. The number of aromatic amines is 1. The third kappa shape index (κ3) is 4.03. The van der Waals surface area contributed by atoms with Crippen LogP contribution in [0.4, 0.5) is 0 Å². The topological polar surface area (TPSA) is 107 Å². The van der Waals surface area contributed by atoms with Gasteiger partial charge in [-0.2, -0.15) is 10.2 Å². The van der Waals surface area contributed by atoms with Gasteiger partial charge in [-0.25, -0.2) is 10.2 Å². The number of hydrazone groups is 1. The standard InChI is InChI=1S/C16H18N4O3/c1-16(2,3)13-8-12(18-19-13)14(21)20-17-9-10-6-4-5-7-11(10)15(22)23/h4-9H,1-3H3,(H,18,19)(H,20,21)(H,22,23). The second kappa shape index (κ2) is 6.43. The molecule has 3 N–H and O–H groups in total. The Morgan fingerprint density at radius 1 is 1.30 bits per heavy atom. The monoisotopic (exact) mass is 314 g/mol. The van der Waals surface area contributed by atoms with Crippen LogP contribution in [0.5, 0.6) is 0 Å². The van der Waals surface area contributed by atoms with Crippen LogP contribution in [-0.4, -0.2) is 33.4 Å². The lowest BCUT2D eigenvalue weighted by atomic mass is 9.92. The van der Waals surface area contributed by atoms with Crippen LogP contribution >= 0.6 is 0 Å². The third-order valence-corrected chi connectivity index (χ3v) is 3.18. The van der Waals surface area contributed by atoms with Gasteiger partial charge in [0.2, 0.25) is 0 Å². The molecular formula is C16H18N4O3. The van der Waals surface area contributed by atoms with E-state index in [2.05, 4.69) is 20.7 Å². The number of carbonyl (C=O) groups excluding carboxylic acids is 1. The number of nitrogens with one attached hydrogen (secondary N) is 2. The summed E-state index contributed by atoms with van der Waals surface area (Å²) in [6, 6.07) is 8.05. The fraction of sp³-hybridized carbons (Fsp3) is 0.250. The summed E-state index contributed by atoms with van der Waals surface area (Å²) in [6.45, 7) is 6.01. The molecule has 0 radical (unpaired) electrons. The summed E-state index contributed by atoms with van der Waals surface area (Å²) >= 11 is 0. The highest BCUT2D eigenvalue weighted by Crippen LogP contribution is 2.20. The summed E-state index contributed by atoms with van der Waals surface area (Å²) in [4.78, 5) is 23.0. The number of aromatic carboxylic acids is 1. The zero-order valence-corrected chi connectivity index (χ0v) is 13.1. The second-order valence-electron chi connectivity index (χ2n) is 6.01. The lowest BCUT2D eigenvalue weighted by molar-refractivity contribution is 0.0696. The molecule has 0 aliphatic rings. The van der Waals surface area contributed by atoms with E-state index >= 15 is 0 Å². The van der Waals surface area contributed by atoms with Gasteiger partial charge in [-0.05, 0) is 12.1 Å². The highest BCUT2D eigenvalue weighted by molar-refractivity contribution is 5.99. The highest BCUT2D eigenvalue weighted by Gasteiger charge is 2.19. The molecule has 0 saturated carbocycles. The van der Waals surface area contributed by atoms with Crippen molar-refractivity contribution in [1.82, 2.24) is 15.6 Å². The molecule has 7 nitrogen and oxygen atoms in total. The molecule has 1 amide bonds. The quantitative estimate of drug-likeness (QED) is 0.593. The minimum atomic E-state index is -1.06. The Labute approximate surface area is 133 Å². The lowest BCUT2D eigenvalue weighted by Crippen LogP contribution is -2.18. The normalized spacial score (nSPS) is 11.6. The van der Waals surface area contributed by atoms with Gasteiger partial charge in [0.05, 0.1) is 11.8 Å². The summed E-state index contributed by atoms with van der Waals surface area (Å²) < 4.78 is 0. The van der Waals surface area contributed by atoms with E-state index in [0.717, 1.165) is 5.69 Å². The predicted molar refractivity (Wildman–Crippen MR) is 85.7 cm³/mol. The van der Waals surface area contributed by atoms with E-state index < -0.39 is 11.9 Å². The van der Waals surface area contributed by atoms with Gasteiger partial charge in [-0.3, -0.25) is 9.89 Å². The number of carbonyl (C=O) groups is 2. The van der Waals surface area contributed by atoms with Gasteiger partial charge in [0.15, 0.2) is 5.69 Å². The van der Waals surface area contributed by atoms with Crippen molar-refractivity contribution in [2.75, 3.05) is 0 Å². The van der Waals surface area contributed by atoms with Crippen molar-refractivity contribution < 1.29 is 14.7 Å². The van der Waals surface area contributed by atoms with E-state index in [-0.39, 0.29) is 16.7 Å². The van der Waals surface area contributed by atoms with Crippen LogP contribution in [0.25, 0.3) is 0 Å². The van der Waals surface area contributed by atoms with Crippen molar-refractivity contribution in [2.24, 2.45) is 5.10 Å². The third-order valence-electron chi connectivity index (χ3n) is 3.18. The Bertz CT molecular complexity index is 757. The maximum absolute atomic E-state index is 12.0. The molecule has 0 atom stereocenters. The number of nitrogens with zero attached hydrogens (tertiary/aromatic N) is 2. The number of rotatable bonds is 4. The van der Waals surface area contributed by atoms with Crippen LogP contribution < -0.4 is 5.43 Å². The molecule has 0 aliphatic carbocycles. The molecule has 1 aromatic carbocycles. The summed E-state index contributed by atoms with van der Waals surface area (Å²) in [7, 11) is 0. The van der Waals surface area contributed by atoms with Crippen LogP contribution in [0.1, 0.15) is 52.9 Å². The number of aromatic nitrogens is 2. The van der Waals surface area contributed by atoms with E-state index in [0.29, 0.717) is 5.56 Å². The van der Waals surface area contributed by atoms with Gasteiger partial charge < -0.3 is 5.11 Å². The van der Waals surface area contributed by atoms with Crippen molar-refractivity contribution in [2.45, 2.75) is 26.2 Å². The Kier molecular flexibility index (Phi) is 4.59. The Hall–Kier alpha value is -2.96. The van der Waals surface area contributed by atoms with Crippen LogP contribution in [0.2, 0.25) is 0 Å². The maximum Gasteiger partial charge on any atom is 0.336 e. The first-order valence-electron chi connectivity index (χ1n) is 7.00. The predicted octanol–water partition coefficient (Wildman–Crippen LogP) is 2.17. The summed E-state index contributed by atoms with van der Waals surface area (Å²) in [5.41, 5.74) is 3.76. The van der Waals surface area contributed by atoms with E-state index in [4.69, 9.17) is 5.11 Å². The Balaban J connectivity index is 2.08. The molecule has 0 aliphatic heterocycles. The molecule has 0 spiro atoms. The first-order valence-corrected chi connectivity index (χ1v) is 7.00. The maximum atomic E-state index is 12.0. The van der Waals surface area contributed by atoms with Gasteiger partial charge >= 0.3 is 5.97 Å². The number of carboxylic acid groups (broad SMARTS) is 1. The number of carboxylic acids is 1. The zero-order chi connectivity index (χ0) is 17.0. The second-order valence-corrected chi connectivity index (χ2v) is 6.01. The fourth-order valence-corrected chi connectivity index (χ4v) is 1.84. The molecule has 0 unspecified atom stereocenters. The summed E-state index contributed by atoms with van der Waals surface area (Å²) in [5, 5.41) is 19.6. The van der Waals surface area contributed by atoms with Crippen molar-refractivity contribution >= 4 is 18.1 Å². The smallest absolute Gasteiger partial charge is 0.336 e. The molecule has 0 bridgehead atoms. The number of hydrogen-bond donors (Lipinski definition) is 3. The molecule has 23 heavy (non-hydrogen) atoms. The van der Waals surface area contributed by atoms with E-state index in [1.807, 2.05) is 20.8 Å². The van der Waals surface area contributed by atoms with Crippen LogP contribution in [-0.2, 0) is 5.41 Å². The minimum Gasteiger partial charge on any atom is -0.478 e. The summed E-state index contributed by atoms with van der Waals surface area (Å²) in [5.74, 6) is -1.53. The van der Waals surface area contributed by atoms with Gasteiger partial charge in [-0.15, -0.1) is 0 Å². The molecule has 2 rings (SSSR count). The number of benzene rings is 1. The average Bonchev–Trinajstić information content (AvgIpc) is 2.97. The summed E-state index contributed by atoms with van der Waals surface area (Å²) in [6.07, 6.45) is 1.29. The fourth-order valence-electron chi connectivity index (χ4n) is 1.84. The van der Waals surface area contributed by atoms with Crippen molar-refractivity contribution in [3.63, 3.8) is 0 Å². The Morgan fingerprint density at radius 3 is 2.61 bits per heavy atom. The van der Waals surface area contributed by atoms with Gasteiger partial charge in [0.25, 0.3) is 5.91 Å². The van der Waals surface area contributed by atoms with Gasteiger partial charge in [0.1, 0.15) is 0 Å². The lowest BCUT2D eigenvalue weighted by Gasteiger charge is -2.14. The first-order chi connectivity index (χ1) is 10.8. The van der Waals surface area contributed by atoms with Crippen LogP contribution in [0, 0.1) is 0 Å². The molecule has 0 saturated heterocycles. The molecule has 120 valence electrons. The molecule has 0 fully saturated rings. The average molecular weight is 314 g/mol. The van der Waals surface area contributed by atoms with E-state index in [1.165, 1.54) is 12.3 Å². The zero-order valence-electron chi connectivity index (χ0n) is 13.1. The van der Waals surface area contributed by atoms with E-state index in [1.54, 1.807) is 24.3 Å². The molecule has 2 aromatic rings. The number of H-pyrrole nitrogens is 1. The Morgan fingerprint density at radius 2 is 2.00 bits per heavy atom. The number of amides is 1. The molecule has 7 heteroatoms. The SMILES string of the molecule is CC(C)(C)c1cc(C(=O)NN=Cc2ccccc2C(=O)O)n[nH]1. The first kappa shape index (κ1) is 16.4. The van der Waals surface area contributed by atoms with Crippen molar-refractivity contribution in [1.29, 1.82) is 0 Å². The van der Waals surface area contributed by atoms with Crippen LogP contribution in [0.15, 0.2) is 35.4 Å².